The van der Waals surface area contributed by atoms with Crippen molar-refractivity contribution in [2.45, 2.75) is 19.9 Å². The van der Waals surface area contributed by atoms with Crippen LogP contribution in [0.15, 0.2) is 36.4 Å². The zero-order valence-electron chi connectivity index (χ0n) is 11.6. The highest BCUT2D eigenvalue weighted by Crippen LogP contribution is 2.02. The van der Waals surface area contributed by atoms with Gasteiger partial charge in [0, 0.05) is 12.1 Å². The minimum absolute atomic E-state index is 0.109. The Morgan fingerprint density at radius 3 is 2.45 bits per heavy atom. The Hall–Kier alpha value is -2.43. The van der Waals surface area contributed by atoms with Gasteiger partial charge in [-0.25, -0.2) is 4.79 Å². The Morgan fingerprint density at radius 1 is 1.25 bits per heavy atom. The lowest BCUT2D eigenvalue weighted by molar-refractivity contribution is -0.125. The van der Waals surface area contributed by atoms with E-state index in [0.29, 0.717) is 6.29 Å². The molecule has 1 aromatic rings. The number of urea groups is 1. The predicted molar refractivity (Wildman–Crippen MR) is 76.9 cm³/mol. The van der Waals surface area contributed by atoms with E-state index in [9.17, 15) is 14.4 Å². The summed E-state index contributed by atoms with van der Waals surface area (Å²) in [6.45, 7) is 3.29. The first kappa shape index (κ1) is 15.6. The van der Waals surface area contributed by atoms with Crippen molar-refractivity contribution in [1.29, 1.82) is 0 Å². The van der Waals surface area contributed by atoms with Crippen molar-refractivity contribution in [3.63, 3.8) is 0 Å². The lowest BCUT2D eigenvalue weighted by atomic mass is 10.2. The average Bonchev–Trinajstić information content (AvgIpc) is 2.42. The molecule has 5 heteroatoms. The number of nitrogens with zero attached hydrogens (tertiary/aromatic N) is 1. The zero-order valence-corrected chi connectivity index (χ0v) is 11.6. The summed E-state index contributed by atoms with van der Waals surface area (Å²) in [6.07, 6.45) is 3.40. The van der Waals surface area contributed by atoms with Crippen LogP contribution >= 0.6 is 0 Å². The molecule has 0 aliphatic carbocycles. The van der Waals surface area contributed by atoms with Gasteiger partial charge in [-0.15, -0.1) is 0 Å². The van der Waals surface area contributed by atoms with Gasteiger partial charge in [-0.3, -0.25) is 9.69 Å². The molecule has 0 aliphatic rings. The van der Waals surface area contributed by atoms with Crippen LogP contribution in [0.3, 0.4) is 0 Å². The molecule has 0 atom stereocenters. The van der Waals surface area contributed by atoms with E-state index in [1.54, 1.807) is 19.9 Å². The maximum Gasteiger partial charge on any atom is 0.324 e. The molecule has 5 nitrogen and oxygen atoms in total. The highest BCUT2D eigenvalue weighted by atomic mass is 16.2. The Balaban J connectivity index is 2.76. The number of imide groups is 1. The molecule has 1 N–H and O–H groups in total. The first-order valence-electron chi connectivity index (χ1n) is 6.33. The van der Waals surface area contributed by atoms with Crippen LogP contribution in [0.5, 0.6) is 0 Å². The molecule has 0 saturated heterocycles. The number of rotatable bonds is 5. The van der Waals surface area contributed by atoms with Crippen LogP contribution in [-0.4, -0.2) is 35.7 Å². The number of carbonyl (C=O) groups is 3. The molecular formula is C15H18N2O3. The number of hydrogen-bond acceptors (Lipinski definition) is 3. The van der Waals surface area contributed by atoms with Crippen molar-refractivity contribution in [3.05, 3.63) is 42.0 Å². The van der Waals surface area contributed by atoms with Crippen molar-refractivity contribution in [1.82, 2.24) is 10.2 Å². The normalized spacial score (nSPS) is 10.6. The smallest absolute Gasteiger partial charge is 0.324 e. The monoisotopic (exact) mass is 274 g/mol. The average molecular weight is 274 g/mol. The van der Waals surface area contributed by atoms with Gasteiger partial charge in [-0.1, -0.05) is 30.3 Å². The van der Waals surface area contributed by atoms with Crippen LogP contribution in [0.2, 0.25) is 0 Å². The molecule has 0 unspecified atom stereocenters. The van der Waals surface area contributed by atoms with Gasteiger partial charge in [0.25, 0.3) is 5.91 Å². The van der Waals surface area contributed by atoms with Crippen molar-refractivity contribution in [2.75, 3.05) is 6.54 Å². The molecule has 0 bridgehead atoms. The van der Waals surface area contributed by atoms with E-state index in [1.807, 2.05) is 30.3 Å². The van der Waals surface area contributed by atoms with E-state index in [2.05, 4.69) is 5.32 Å². The lowest BCUT2D eigenvalue weighted by Crippen LogP contribution is -2.46. The van der Waals surface area contributed by atoms with Gasteiger partial charge in [0.2, 0.25) is 0 Å². The number of hydrogen-bond donors (Lipinski definition) is 1. The maximum atomic E-state index is 11.9. The summed E-state index contributed by atoms with van der Waals surface area (Å²) < 4.78 is 0. The van der Waals surface area contributed by atoms with E-state index in [0.717, 1.165) is 10.5 Å². The van der Waals surface area contributed by atoms with Crippen LogP contribution in [0.1, 0.15) is 19.4 Å². The van der Waals surface area contributed by atoms with Crippen LogP contribution in [-0.2, 0) is 9.59 Å². The first-order chi connectivity index (χ1) is 9.54. The number of carbonyl (C=O) groups excluding carboxylic acids is 3. The Morgan fingerprint density at radius 2 is 1.90 bits per heavy atom. The van der Waals surface area contributed by atoms with Gasteiger partial charge in [0.1, 0.15) is 6.29 Å². The van der Waals surface area contributed by atoms with E-state index in [4.69, 9.17) is 0 Å². The molecule has 106 valence electrons. The molecule has 20 heavy (non-hydrogen) atoms. The molecule has 0 aromatic heterocycles. The van der Waals surface area contributed by atoms with Crippen molar-refractivity contribution < 1.29 is 14.4 Å². The third kappa shape index (κ3) is 5.06. The second-order valence-electron chi connectivity index (χ2n) is 4.46. The fourth-order valence-corrected chi connectivity index (χ4v) is 1.49. The minimum atomic E-state index is -0.574. The molecule has 0 saturated carbocycles. The molecule has 0 aliphatic heterocycles. The van der Waals surface area contributed by atoms with E-state index < -0.39 is 11.9 Å². The largest absolute Gasteiger partial charge is 0.335 e. The third-order valence-corrected chi connectivity index (χ3v) is 2.40. The summed E-state index contributed by atoms with van der Waals surface area (Å²) >= 11 is 0. The standard InChI is InChI=1S/C15H18N2O3/c1-12(2)16-15(20)17(10-11-18)14(19)9-8-13-6-4-3-5-7-13/h3-9,11-12H,10H2,1-2H3,(H,16,20)/b9-8+. The zero-order chi connectivity index (χ0) is 15.0. The Bertz CT molecular complexity index is 495. The summed E-state index contributed by atoms with van der Waals surface area (Å²) in [6, 6.07) is 8.55. The van der Waals surface area contributed by atoms with Gasteiger partial charge < -0.3 is 10.1 Å². The number of benzene rings is 1. The molecule has 0 radical (unpaired) electrons. The summed E-state index contributed by atoms with van der Waals surface area (Å²) in [5.41, 5.74) is 0.844. The molecular weight excluding hydrogens is 256 g/mol. The predicted octanol–water partition coefficient (Wildman–Crippen LogP) is 1.85. The van der Waals surface area contributed by atoms with Crippen LogP contribution in [0.4, 0.5) is 4.79 Å². The Labute approximate surface area is 118 Å². The summed E-state index contributed by atoms with van der Waals surface area (Å²) in [5, 5.41) is 2.58. The van der Waals surface area contributed by atoms with Crippen molar-refractivity contribution in [3.8, 4) is 0 Å². The highest BCUT2D eigenvalue weighted by Gasteiger charge is 2.19. The fraction of sp³-hybridized carbons (Fsp3) is 0.267. The second kappa shape index (κ2) is 7.89. The quantitative estimate of drug-likeness (QED) is 0.658. The van der Waals surface area contributed by atoms with Crippen molar-refractivity contribution in [2.24, 2.45) is 0 Å². The second-order valence-corrected chi connectivity index (χ2v) is 4.46. The molecule has 3 amide bonds. The van der Waals surface area contributed by atoms with Crippen LogP contribution in [0, 0.1) is 0 Å². The summed E-state index contributed by atoms with van der Waals surface area (Å²) in [4.78, 5) is 35.2. The topological polar surface area (TPSA) is 66.5 Å². The van der Waals surface area contributed by atoms with Gasteiger partial charge >= 0.3 is 6.03 Å². The van der Waals surface area contributed by atoms with Crippen molar-refractivity contribution >= 4 is 24.3 Å². The van der Waals surface area contributed by atoms with E-state index in [1.165, 1.54) is 6.08 Å². The van der Waals surface area contributed by atoms with E-state index >= 15 is 0 Å². The summed E-state index contributed by atoms with van der Waals surface area (Å²) in [5.74, 6) is -0.529. The maximum absolute atomic E-state index is 11.9. The van der Waals surface area contributed by atoms with E-state index in [-0.39, 0.29) is 12.6 Å². The highest BCUT2D eigenvalue weighted by molar-refractivity contribution is 6.03. The number of nitrogens with one attached hydrogen (secondary N) is 1. The minimum Gasteiger partial charge on any atom is -0.335 e. The third-order valence-electron chi connectivity index (χ3n) is 2.40. The van der Waals surface area contributed by atoms with Crippen LogP contribution < -0.4 is 5.32 Å². The van der Waals surface area contributed by atoms with Gasteiger partial charge in [0.05, 0.1) is 6.54 Å². The molecule has 0 spiro atoms. The number of amides is 3. The Kier molecular flexibility index (Phi) is 6.16. The molecule has 0 fully saturated rings. The van der Waals surface area contributed by atoms with Gasteiger partial charge in [-0.2, -0.15) is 0 Å². The lowest BCUT2D eigenvalue weighted by Gasteiger charge is -2.18. The SMILES string of the molecule is CC(C)NC(=O)N(CC=O)C(=O)/C=C/c1ccccc1. The fourth-order valence-electron chi connectivity index (χ4n) is 1.49. The molecule has 0 heterocycles. The first-order valence-corrected chi connectivity index (χ1v) is 6.33. The summed E-state index contributed by atoms with van der Waals surface area (Å²) in [7, 11) is 0. The molecule has 1 aromatic carbocycles. The number of aldehydes is 1. The van der Waals surface area contributed by atoms with Crippen LogP contribution in [0.25, 0.3) is 6.08 Å². The molecule has 1 rings (SSSR count). The van der Waals surface area contributed by atoms with Gasteiger partial charge in [-0.05, 0) is 25.5 Å². The van der Waals surface area contributed by atoms with Gasteiger partial charge in [0.15, 0.2) is 0 Å².